The number of nitrogens with one attached hydrogen (secondary N) is 2. The Kier molecular flexibility index (Phi) is 7.38. The van der Waals surface area contributed by atoms with Gasteiger partial charge in [-0.05, 0) is 44.4 Å². The van der Waals surface area contributed by atoms with E-state index in [9.17, 15) is 9.59 Å². The van der Waals surface area contributed by atoms with Gasteiger partial charge in [0.05, 0.1) is 7.11 Å². The topological polar surface area (TPSA) is 70.7 Å². The average Bonchev–Trinajstić information content (AvgIpc) is 2.52. The van der Waals surface area contributed by atoms with Crippen molar-refractivity contribution in [3.63, 3.8) is 0 Å². The SMILES string of the molecule is COc1ccc(CCC(C)NC(=O)NC(C)C(=O)N(C)C)cc1. The molecular weight excluding hydrogens is 294 g/mol. The molecule has 0 saturated heterocycles. The highest BCUT2D eigenvalue weighted by Crippen LogP contribution is 2.13. The molecule has 0 saturated carbocycles. The number of hydrogen-bond acceptors (Lipinski definition) is 3. The van der Waals surface area contributed by atoms with Crippen molar-refractivity contribution in [2.75, 3.05) is 21.2 Å². The van der Waals surface area contributed by atoms with Crippen LogP contribution in [0.25, 0.3) is 0 Å². The molecule has 1 rings (SSSR count). The van der Waals surface area contributed by atoms with Crippen LogP contribution in [0.4, 0.5) is 4.79 Å². The van der Waals surface area contributed by atoms with E-state index in [1.807, 2.05) is 31.2 Å². The van der Waals surface area contributed by atoms with Gasteiger partial charge in [-0.2, -0.15) is 0 Å². The number of urea groups is 1. The first kappa shape index (κ1) is 18.8. The van der Waals surface area contributed by atoms with E-state index in [2.05, 4.69) is 10.6 Å². The number of ether oxygens (including phenoxy) is 1. The highest BCUT2D eigenvalue weighted by atomic mass is 16.5. The monoisotopic (exact) mass is 321 g/mol. The number of amides is 3. The lowest BCUT2D eigenvalue weighted by Crippen LogP contribution is -2.49. The number of rotatable bonds is 7. The summed E-state index contributed by atoms with van der Waals surface area (Å²) in [6.45, 7) is 3.62. The van der Waals surface area contributed by atoms with Crippen molar-refractivity contribution in [3.05, 3.63) is 29.8 Å². The number of carbonyl (C=O) groups excluding carboxylic acids is 2. The fourth-order valence-corrected chi connectivity index (χ4v) is 2.16. The molecule has 1 aromatic rings. The number of aryl methyl sites for hydroxylation is 1. The molecule has 1 aromatic carbocycles. The molecule has 0 spiro atoms. The van der Waals surface area contributed by atoms with Gasteiger partial charge in [0.2, 0.25) is 5.91 Å². The summed E-state index contributed by atoms with van der Waals surface area (Å²) in [5, 5.41) is 5.50. The predicted molar refractivity (Wildman–Crippen MR) is 90.6 cm³/mol. The van der Waals surface area contributed by atoms with Crippen molar-refractivity contribution >= 4 is 11.9 Å². The van der Waals surface area contributed by atoms with Crippen molar-refractivity contribution < 1.29 is 14.3 Å². The Morgan fingerprint density at radius 2 is 1.74 bits per heavy atom. The summed E-state index contributed by atoms with van der Waals surface area (Å²) < 4.78 is 5.12. The molecule has 0 fully saturated rings. The summed E-state index contributed by atoms with van der Waals surface area (Å²) in [7, 11) is 4.97. The highest BCUT2D eigenvalue weighted by molar-refractivity contribution is 5.86. The van der Waals surface area contributed by atoms with E-state index in [-0.39, 0.29) is 18.0 Å². The van der Waals surface area contributed by atoms with E-state index < -0.39 is 6.04 Å². The summed E-state index contributed by atoms with van der Waals surface area (Å²) in [5.41, 5.74) is 1.19. The lowest BCUT2D eigenvalue weighted by molar-refractivity contribution is -0.130. The third-order valence-electron chi connectivity index (χ3n) is 3.56. The number of likely N-dealkylation sites (N-methyl/N-ethyl adjacent to an activating group) is 1. The Morgan fingerprint density at radius 1 is 1.13 bits per heavy atom. The first-order valence-corrected chi connectivity index (χ1v) is 7.74. The molecule has 0 aliphatic carbocycles. The maximum Gasteiger partial charge on any atom is 0.315 e. The maximum atomic E-state index is 11.9. The van der Waals surface area contributed by atoms with Crippen LogP contribution >= 0.6 is 0 Å². The van der Waals surface area contributed by atoms with Gasteiger partial charge in [-0.25, -0.2) is 4.79 Å². The van der Waals surface area contributed by atoms with Crippen LogP contribution < -0.4 is 15.4 Å². The Hall–Kier alpha value is -2.24. The number of methoxy groups -OCH3 is 1. The molecule has 3 amide bonds. The van der Waals surface area contributed by atoms with Crippen molar-refractivity contribution in [3.8, 4) is 5.75 Å². The molecule has 0 aromatic heterocycles. The van der Waals surface area contributed by atoms with Crippen LogP contribution in [0, 0.1) is 0 Å². The van der Waals surface area contributed by atoms with Crippen LogP contribution in [0.1, 0.15) is 25.8 Å². The summed E-state index contributed by atoms with van der Waals surface area (Å²) in [5.74, 6) is 0.699. The minimum absolute atomic E-state index is 0.0127. The Balaban J connectivity index is 2.36. The van der Waals surface area contributed by atoms with E-state index >= 15 is 0 Å². The Bertz CT molecular complexity index is 514. The smallest absolute Gasteiger partial charge is 0.315 e. The quantitative estimate of drug-likeness (QED) is 0.804. The number of hydrogen-bond donors (Lipinski definition) is 2. The Labute approximate surface area is 138 Å². The number of benzene rings is 1. The van der Waals surface area contributed by atoms with Crippen molar-refractivity contribution in [2.45, 2.75) is 38.8 Å². The largest absolute Gasteiger partial charge is 0.497 e. The summed E-state index contributed by atoms with van der Waals surface area (Å²) >= 11 is 0. The van der Waals surface area contributed by atoms with E-state index in [4.69, 9.17) is 4.74 Å². The fourth-order valence-electron chi connectivity index (χ4n) is 2.16. The molecule has 0 aliphatic heterocycles. The molecule has 0 aliphatic rings. The lowest BCUT2D eigenvalue weighted by atomic mass is 10.1. The zero-order valence-electron chi connectivity index (χ0n) is 14.6. The molecule has 0 heterocycles. The molecule has 6 nitrogen and oxygen atoms in total. The van der Waals surface area contributed by atoms with Crippen LogP contribution in [0.5, 0.6) is 5.75 Å². The van der Waals surface area contributed by atoms with E-state index in [1.165, 1.54) is 10.5 Å². The molecule has 23 heavy (non-hydrogen) atoms. The van der Waals surface area contributed by atoms with Gasteiger partial charge in [0, 0.05) is 20.1 Å². The van der Waals surface area contributed by atoms with Crippen molar-refractivity contribution in [2.24, 2.45) is 0 Å². The summed E-state index contributed by atoms with van der Waals surface area (Å²) in [6.07, 6.45) is 1.67. The first-order chi connectivity index (χ1) is 10.8. The average molecular weight is 321 g/mol. The van der Waals surface area contributed by atoms with Gasteiger partial charge in [-0.15, -0.1) is 0 Å². The van der Waals surface area contributed by atoms with Crippen LogP contribution in [0.3, 0.4) is 0 Å². The molecule has 2 unspecified atom stereocenters. The van der Waals surface area contributed by atoms with Gasteiger partial charge in [-0.1, -0.05) is 12.1 Å². The van der Waals surface area contributed by atoms with Crippen LogP contribution in [-0.2, 0) is 11.2 Å². The minimum atomic E-state index is -0.543. The predicted octanol–water partition coefficient (Wildman–Crippen LogP) is 1.79. The normalized spacial score (nSPS) is 12.9. The van der Waals surface area contributed by atoms with Gasteiger partial charge in [0.25, 0.3) is 0 Å². The van der Waals surface area contributed by atoms with Gasteiger partial charge in [-0.3, -0.25) is 4.79 Å². The van der Waals surface area contributed by atoms with Crippen LogP contribution in [-0.4, -0.2) is 50.1 Å². The maximum absolute atomic E-state index is 11.9. The Morgan fingerprint density at radius 3 is 2.26 bits per heavy atom. The second kappa shape index (κ2) is 9.02. The zero-order chi connectivity index (χ0) is 17.4. The lowest BCUT2D eigenvalue weighted by Gasteiger charge is -2.20. The number of carbonyl (C=O) groups is 2. The second-order valence-electron chi connectivity index (χ2n) is 5.86. The molecule has 128 valence electrons. The fraction of sp³-hybridized carbons (Fsp3) is 0.529. The molecule has 2 N–H and O–H groups in total. The van der Waals surface area contributed by atoms with E-state index in [0.717, 1.165) is 18.6 Å². The summed E-state index contributed by atoms with van der Waals surface area (Å²) in [6, 6.07) is 7.03. The number of nitrogens with zero attached hydrogens (tertiary/aromatic N) is 1. The summed E-state index contributed by atoms with van der Waals surface area (Å²) in [4.78, 5) is 25.0. The highest BCUT2D eigenvalue weighted by Gasteiger charge is 2.17. The molecule has 0 radical (unpaired) electrons. The van der Waals surface area contributed by atoms with E-state index in [0.29, 0.717) is 0 Å². The van der Waals surface area contributed by atoms with Crippen LogP contribution in [0.2, 0.25) is 0 Å². The van der Waals surface area contributed by atoms with Gasteiger partial charge in [0.1, 0.15) is 11.8 Å². The third-order valence-corrected chi connectivity index (χ3v) is 3.56. The minimum Gasteiger partial charge on any atom is -0.497 e. The van der Waals surface area contributed by atoms with Crippen LogP contribution in [0.15, 0.2) is 24.3 Å². The van der Waals surface area contributed by atoms with Gasteiger partial charge in [0.15, 0.2) is 0 Å². The molecule has 0 bridgehead atoms. The molecular formula is C17H27N3O3. The van der Waals surface area contributed by atoms with Gasteiger partial charge < -0.3 is 20.3 Å². The molecule has 6 heteroatoms. The van der Waals surface area contributed by atoms with Gasteiger partial charge >= 0.3 is 6.03 Å². The van der Waals surface area contributed by atoms with E-state index in [1.54, 1.807) is 28.1 Å². The second-order valence-corrected chi connectivity index (χ2v) is 5.86. The first-order valence-electron chi connectivity index (χ1n) is 7.74. The van der Waals surface area contributed by atoms with Crippen molar-refractivity contribution in [1.29, 1.82) is 0 Å². The zero-order valence-corrected chi connectivity index (χ0v) is 14.6. The standard InChI is InChI=1S/C17H27N3O3/c1-12(6-7-14-8-10-15(23-5)11-9-14)18-17(22)19-13(2)16(21)20(3)4/h8-13H,6-7H2,1-5H3,(H2,18,19,22). The van der Waals surface area contributed by atoms with Crippen molar-refractivity contribution in [1.82, 2.24) is 15.5 Å². The molecule has 2 atom stereocenters. The third kappa shape index (κ3) is 6.59.